The number of anilines is 1. The molecule has 16 heavy (non-hydrogen) atoms. The van der Waals surface area contributed by atoms with Gasteiger partial charge in [0.05, 0.1) is 4.92 Å². The highest BCUT2D eigenvalue weighted by Crippen LogP contribution is 2.05. The number of nitro groups is 1. The summed E-state index contributed by atoms with van der Waals surface area (Å²) in [4.78, 5) is 35.7. The summed E-state index contributed by atoms with van der Waals surface area (Å²) in [6, 6.07) is 0. The molecule has 0 saturated carbocycles. The van der Waals surface area contributed by atoms with E-state index < -0.39 is 16.2 Å². The van der Waals surface area contributed by atoms with E-state index in [1.807, 2.05) is 0 Å². The van der Waals surface area contributed by atoms with Crippen molar-refractivity contribution in [3.05, 3.63) is 26.7 Å². The minimum absolute atomic E-state index is 0.0116. The van der Waals surface area contributed by atoms with Gasteiger partial charge in [-0.05, 0) is 0 Å². The summed E-state index contributed by atoms with van der Waals surface area (Å²) in [6.07, 6.45) is 1.06. The zero-order valence-corrected chi connectivity index (χ0v) is 8.76. The van der Waals surface area contributed by atoms with Gasteiger partial charge < -0.3 is 0 Å². The van der Waals surface area contributed by atoms with Gasteiger partial charge in [-0.1, -0.05) is 6.92 Å². The molecule has 86 valence electrons. The molecule has 0 radical (unpaired) electrons. The highest BCUT2D eigenvalue weighted by Gasteiger charge is 2.16. The largest absolute Gasteiger partial charge is 0.352 e. The summed E-state index contributed by atoms with van der Waals surface area (Å²) in [5.41, 5.74) is -1.44. The van der Waals surface area contributed by atoms with Gasteiger partial charge >= 0.3 is 11.2 Å². The summed E-state index contributed by atoms with van der Waals surface area (Å²) in [5, 5.41) is 12.8. The van der Waals surface area contributed by atoms with E-state index in [0.29, 0.717) is 0 Å². The molecule has 8 heteroatoms. The lowest BCUT2D eigenvalue weighted by atomic mass is 10.4. The summed E-state index contributed by atoms with van der Waals surface area (Å²) in [7, 11) is 1.30. The Bertz CT molecular complexity index is 493. The standard InChI is InChI=1S/C8H10N4O4/c1-3-6(13)10-8-9-4-5(12(15)16)7(14)11(8)2/h4H,3H2,1-2H3,(H,9,10,13). The Labute approximate surface area is 90.1 Å². The Hall–Kier alpha value is -2.25. The Balaban J connectivity index is 3.17. The van der Waals surface area contributed by atoms with Crippen LogP contribution in [0.15, 0.2) is 11.0 Å². The van der Waals surface area contributed by atoms with Crippen molar-refractivity contribution < 1.29 is 9.72 Å². The third kappa shape index (κ3) is 2.22. The second-order valence-corrected chi connectivity index (χ2v) is 2.99. The first-order valence-corrected chi connectivity index (χ1v) is 4.47. The van der Waals surface area contributed by atoms with Crippen LogP contribution in [0.3, 0.4) is 0 Å². The number of carbonyl (C=O) groups is 1. The lowest BCUT2D eigenvalue weighted by Gasteiger charge is -2.06. The molecule has 1 aromatic heterocycles. The van der Waals surface area contributed by atoms with E-state index in [1.54, 1.807) is 6.92 Å². The number of hydrogen-bond acceptors (Lipinski definition) is 5. The molecule has 0 fully saturated rings. The van der Waals surface area contributed by atoms with Crippen LogP contribution in [0, 0.1) is 10.1 Å². The first-order chi connectivity index (χ1) is 7.47. The Morgan fingerprint density at radius 1 is 1.69 bits per heavy atom. The van der Waals surface area contributed by atoms with Crippen LogP contribution in [0.2, 0.25) is 0 Å². The van der Waals surface area contributed by atoms with Gasteiger partial charge in [-0.3, -0.25) is 29.6 Å². The van der Waals surface area contributed by atoms with E-state index in [9.17, 15) is 19.7 Å². The van der Waals surface area contributed by atoms with Gasteiger partial charge in [-0.25, -0.2) is 4.98 Å². The first kappa shape index (κ1) is 11.8. The van der Waals surface area contributed by atoms with Crippen LogP contribution in [0.5, 0.6) is 0 Å². The lowest BCUT2D eigenvalue weighted by molar-refractivity contribution is -0.386. The number of nitrogens with zero attached hydrogens (tertiary/aromatic N) is 3. The molecule has 1 aromatic rings. The fourth-order valence-electron chi connectivity index (χ4n) is 0.987. The summed E-state index contributed by atoms with van der Waals surface area (Å²) < 4.78 is 0.922. The van der Waals surface area contributed by atoms with Crippen molar-refractivity contribution in [2.75, 3.05) is 5.32 Å². The number of aromatic nitrogens is 2. The third-order valence-corrected chi connectivity index (χ3v) is 1.92. The monoisotopic (exact) mass is 226 g/mol. The molecule has 0 aliphatic heterocycles. The van der Waals surface area contributed by atoms with E-state index in [2.05, 4.69) is 10.3 Å². The number of hydrogen-bond donors (Lipinski definition) is 1. The van der Waals surface area contributed by atoms with Crippen LogP contribution in [0.25, 0.3) is 0 Å². The van der Waals surface area contributed by atoms with E-state index in [1.165, 1.54) is 7.05 Å². The molecule has 0 aromatic carbocycles. The molecule has 1 N–H and O–H groups in total. The van der Waals surface area contributed by atoms with Crippen molar-refractivity contribution in [1.29, 1.82) is 0 Å². The average molecular weight is 226 g/mol. The van der Waals surface area contributed by atoms with Crippen LogP contribution in [0.1, 0.15) is 13.3 Å². The Morgan fingerprint density at radius 2 is 2.31 bits per heavy atom. The molecule has 0 atom stereocenters. The van der Waals surface area contributed by atoms with E-state index in [-0.39, 0.29) is 18.3 Å². The van der Waals surface area contributed by atoms with Crippen LogP contribution >= 0.6 is 0 Å². The van der Waals surface area contributed by atoms with E-state index in [4.69, 9.17) is 0 Å². The summed E-state index contributed by atoms with van der Waals surface area (Å²) in [6.45, 7) is 1.64. The van der Waals surface area contributed by atoms with Crippen molar-refractivity contribution in [2.45, 2.75) is 13.3 Å². The number of carbonyl (C=O) groups excluding carboxylic acids is 1. The van der Waals surface area contributed by atoms with Crippen molar-refractivity contribution in [3.8, 4) is 0 Å². The Morgan fingerprint density at radius 3 is 2.81 bits per heavy atom. The van der Waals surface area contributed by atoms with Gasteiger partial charge in [-0.15, -0.1) is 0 Å². The topological polar surface area (TPSA) is 107 Å². The third-order valence-electron chi connectivity index (χ3n) is 1.92. The second kappa shape index (κ2) is 4.51. The van der Waals surface area contributed by atoms with Crippen LogP contribution in [-0.4, -0.2) is 20.4 Å². The maximum Gasteiger partial charge on any atom is 0.352 e. The van der Waals surface area contributed by atoms with Gasteiger partial charge in [0.15, 0.2) is 0 Å². The van der Waals surface area contributed by atoms with Crippen molar-refractivity contribution >= 4 is 17.5 Å². The van der Waals surface area contributed by atoms with Crippen molar-refractivity contribution in [2.24, 2.45) is 7.05 Å². The van der Waals surface area contributed by atoms with E-state index in [0.717, 1.165) is 10.8 Å². The van der Waals surface area contributed by atoms with Crippen LogP contribution < -0.4 is 10.9 Å². The quantitative estimate of drug-likeness (QED) is 0.578. The molecule has 0 spiro atoms. The number of amides is 1. The molecule has 0 aliphatic carbocycles. The lowest BCUT2D eigenvalue weighted by Crippen LogP contribution is -2.26. The normalized spacial score (nSPS) is 9.88. The fourth-order valence-corrected chi connectivity index (χ4v) is 0.987. The SMILES string of the molecule is CCC(=O)Nc1ncc([N+](=O)[O-])c(=O)n1C. The molecule has 8 nitrogen and oxygen atoms in total. The smallest absolute Gasteiger partial charge is 0.296 e. The predicted octanol–water partition coefficient (Wildman–Crippen LogP) is 0.0370. The highest BCUT2D eigenvalue weighted by atomic mass is 16.6. The number of nitrogens with one attached hydrogen (secondary N) is 1. The highest BCUT2D eigenvalue weighted by molar-refractivity contribution is 5.88. The molecule has 0 unspecified atom stereocenters. The zero-order chi connectivity index (χ0) is 12.3. The fraction of sp³-hybridized carbons (Fsp3) is 0.375. The van der Waals surface area contributed by atoms with Gasteiger partial charge in [-0.2, -0.15) is 0 Å². The maximum atomic E-state index is 11.4. The molecule has 1 rings (SSSR count). The molecular weight excluding hydrogens is 216 g/mol. The average Bonchev–Trinajstić information content (AvgIpc) is 2.24. The van der Waals surface area contributed by atoms with E-state index >= 15 is 0 Å². The Kier molecular flexibility index (Phi) is 3.33. The molecular formula is C8H10N4O4. The van der Waals surface area contributed by atoms with Gasteiger partial charge in [0.2, 0.25) is 11.9 Å². The second-order valence-electron chi connectivity index (χ2n) is 2.99. The van der Waals surface area contributed by atoms with Crippen LogP contribution in [-0.2, 0) is 11.8 Å². The molecule has 0 bridgehead atoms. The number of rotatable bonds is 3. The van der Waals surface area contributed by atoms with Gasteiger partial charge in [0, 0.05) is 13.5 Å². The molecule has 0 aliphatic rings. The van der Waals surface area contributed by atoms with Crippen molar-refractivity contribution in [1.82, 2.24) is 9.55 Å². The molecule has 0 saturated heterocycles. The molecule has 1 amide bonds. The summed E-state index contributed by atoms with van der Waals surface area (Å²) in [5.74, 6) is -0.334. The van der Waals surface area contributed by atoms with Gasteiger partial charge in [0.1, 0.15) is 6.20 Å². The minimum atomic E-state index is -0.819. The summed E-state index contributed by atoms with van der Waals surface area (Å²) >= 11 is 0. The first-order valence-electron chi connectivity index (χ1n) is 4.47. The zero-order valence-electron chi connectivity index (χ0n) is 8.76. The maximum absolute atomic E-state index is 11.4. The molecule has 1 heterocycles. The van der Waals surface area contributed by atoms with Crippen molar-refractivity contribution in [3.63, 3.8) is 0 Å². The van der Waals surface area contributed by atoms with Crippen LogP contribution in [0.4, 0.5) is 11.6 Å². The van der Waals surface area contributed by atoms with Gasteiger partial charge in [0.25, 0.3) is 0 Å². The minimum Gasteiger partial charge on any atom is -0.296 e. The predicted molar refractivity (Wildman–Crippen MR) is 55.1 cm³/mol.